The summed E-state index contributed by atoms with van der Waals surface area (Å²) in [7, 11) is 2.13. The Kier molecular flexibility index (Phi) is 8.04. The van der Waals surface area contributed by atoms with Gasteiger partial charge in [-0.2, -0.15) is 0 Å². The number of aromatic nitrogens is 1. The van der Waals surface area contributed by atoms with Crippen molar-refractivity contribution in [2.75, 3.05) is 51.3 Å². The first kappa shape index (κ1) is 27.1. The van der Waals surface area contributed by atoms with Crippen molar-refractivity contribution in [3.63, 3.8) is 0 Å². The van der Waals surface area contributed by atoms with Gasteiger partial charge >= 0.3 is 0 Å². The predicted octanol–water partition coefficient (Wildman–Crippen LogP) is 2.49. The zero-order valence-electron chi connectivity index (χ0n) is 21.9. The van der Waals surface area contributed by atoms with E-state index in [0.717, 1.165) is 42.6 Å². The Morgan fingerprint density at radius 1 is 1.18 bits per heavy atom. The van der Waals surface area contributed by atoms with Gasteiger partial charge in [-0.1, -0.05) is 26.0 Å². The average Bonchev–Trinajstić information content (AvgIpc) is 3.62. The maximum atomic E-state index is 13.5. The molecule has 3 fully saturated rings. The van der Waals surface area contributed by atoms with E-state index in [1.54, 1.807) is 23.5 Å². The van der Waals surface area contributed by atoms with Crippen LogP contribution in [0.3, 0.4) is 0 Å². The van der Waals surface area contributed by atoms with E-state index in [9.17, 15) is 14.4 Å². The second-order valence-corrected chi connectivity index (χ2v) is 12.1. The molecule has 3 saturated heterocycles. The second kappa shape index (κ2) is 11.3. The smallest absolute Gasteiger partial charge is 0.251 e. The van der Waals surface area contributed by atoms with Gasteiger partial charge in [-0.3, -0.25) is 14.4 Å². The molecule has 1 aromatic heterocycles. The molecule has 1 N–H and O–H groups in total. The lowest BCUT2D eigenvalue weighted by atomic mass is 10.0. The highest BCUT2D eigenvalue weighted by molar-refractivity contribution is 7.14. The highest BCUT2D eigenvalue weighted by Gasteiger charge is 2.52. The van der Waals surface area contributed by atoms with Crippen molar-refractivity contribution in [1.29, 1.82) is 0 Å². The number of Topliss-reactive ketones (excluding diaryl/α,β-unsaturated/α-hetero) is 1. The lowest BCUT2D eigenvalue weighted by molar-refractivity contribution is -0.138. The number of nitrogens with zero attached hydrogens (tertiary/aromatic N) is 4. The average molecular weight is 560 g/mol. The SMILES string of the molecule is CC(C)CC(NC(=O)c1ccc(-c2csc(N3CCN(C)CC3)n2)cc1)C(=O)N1CC(Cl)[C@H]2OCC(=O)[C@H]21. The van der Waals surface area contributed by atoms with Crippen LogP contribution in [-0.2, 0) is 14.3 Å². The molecule has 4 atom stereocenters. The largest absolute Gasteiger partial charge is 0.366 e. The summed E-state index contributed by atoms with van der Waals surface area (Å²) in [6.07, 6.45) is -0.0366. The Morgan fingerprint density at radius 3 is 2.58 bits per heavy atom. The topological polar surface area (TPSA) is 95.1 Å². The number of amides is 2. The van der Waals surface area contributed by atoms with Crippen LogP contribution in [0.15, 0.2) is 29.6 Å². The van der Waals surface area contributed by atoms with Gasteiger partial charge in [0.15, 0.2) is 10.9 Å². The minimum atomic E-state index is -0.761. The summed E-state index contributed by atoms with van der Waals surface area (Å²) in [5.41, 5.74) is 2.27. The Morgan fingerprint density at radius 2 is 1.89 bits per heavy atom. The van der Waals surface area contributed by atoms with Crippen LogP contribution in [0.4, 0.5) is 5.13 Å². The number of rotatable bonds is 7. The van der Waals surface area contributed by atoms with Crippen LogP contribution in [-0.4, -0.2) is 102 Å². The lowest BCUT2D eigenvalue weighted by Crippen LogP contribution is -2.52. The van der Waals surface area contributed by atoms with Crippen LogP contribution >= 0.6 is 22.9 Å². The monoisotopic (exact) mass is 559 g/mol. The fourth-order valence-electron chi connectivity index (χ4n) is 5.29. The molecule has 0 bridgehead atoms. The van der Waals surface area contributed by atoms with E-state index < -0.39 is 23.6 Å². The predicted molar refractivity (Wildman–Crippen MR) is 148 cm³/mol. The van der Waals surface area contributed by atoms with Gasteiger partial charge in [-0.05, 0) is 31.5 Å². The molecule has 11 heteroatoms. The lowest BCUT2D eigenvalue weighted by Gasteiger charge is -2.32. The van der Waals surface area contributed by atoms with Crippen molar-refractivity contribution in [3.8, 4) is 11.3 Å². The van der Waals surface area contributed by atoms with E-state index in [2.05, 4.69) is 22.2 Å². The number of nitrogens with one attached hydrogen (secondary N) is 1. The van der Waals surface area contributed by atoms with Gasteiger partial charge in [0.1, 0.15) is 24.8 Å². The van der Waals surface area contributed by atoms with E-state index in [-0.39, 0.29) is 36.7 Å². The van der Waals surface area contributed by atoms with Gasteiger partial charge in [0.2, 0.25) is 5.91 Å². The molecule has 2 unspecified atom stereocenters. The Hall–Kier alpha value is -2.53. The molecule has 0 saturated carbocycles. The van der Waals surface area contributed by atoms with Crippen molar-refractivity contribution in [2.24, 2.45) is 5.92 Å². The first-order valence-corrected chi connectivity index (χ1v) is 14.4. The minimum absolute atomic E-state index is 0.0360. The Labute approximate surface area is 232 Å². The Balaban J connectivity index is 1.26. The van der Waals surface area contributed by atoms with Crippen LogP contribution in [0.5, 0.6) is 0 Å². The van der Waals surface area contributed by atoms with E-state index in [0.29, 0.717) is 12.0 Å². The maximum absolute atomic E-state index is 13.5. The van der Waals surface area contributed by atoms with Crippen molar-refractivity contribution in [2.45, 2.75) is 43.8 Å². The van der Waals surface area contributed by atoms with Crippen LogP contribution in [0.1, 0.15) is 30.6 Å². The number of ketones is 1. The van der Waals surface area contributed by atoms with Crippen molar-refractivity contribution in [3.05, 3.63) is 35.2 Å². The number of alkyl halides is 1. The summed E-state index contributed by atoms with van der Waals surface area (Å²) in [6.45, 7) is 8.15. The normalized spacial score (nSPS) is 24.7. The summed E-state index contributed by atoms with van der Waals surface area (Å²) in [5, 5.41) is 5.52. The molecule has 1 aromatic carbocycles. The fraction of sp³-hybridized carbons (Fsp3) is 0.556. The summed E-state index contributed by atoms with van der Waals surface area (Å²) in [6, 6.07) is 5.84. The molecule has 0 radical (unpaired) electrons. The minimum Gasteiger partial charge on any atom is -0.366 e. The number of likely N-dealkylation sites (tertiary alicyclic amines) is 1. The number of carbonyl (C=O) groups is 3. The van der Waals surface area contributed by atoms with Gasteiger partial charge in [-0.25, -0.2) is 4.98 Å². The Bertz CT molecular complexity index is 1180. The number of ether oxygens (including phenoxy) is 1. The molecule has 3 aliphatic rings. The van der Waals surface area contributed by atoms with Crippen molar-refractivity contribution < 1.29 is 19.1 Å². The number of thiazole rings is 1. The number of hydrogen-bond donors (Lipinski definition) is 1. The molecule has 38 heavy (non-hydrogen) atoms. The standard InChI is InChI=1S/C27H34ClN5O4S/c1-16(2)12-20(26(36)33-13-19(28)24-23(33)22(34)14-37-24)29-25(35)18-6-4-17(5-7-18)21-15-38-27(30-21)32-10-8-31(3)9-11-32/h4-7,15-16,19-20,23-24H,8-14H2,1-3H3,(H,29,35)/t19?,20?,23-,24-/m1/s1. The molecule has 2 amide bonds. The van der Waals surface area contributed by atoms with Gasteiger partial charge in [-0.15, -0.1) is 22.9 Å². The molecular weight excluding hydrogens is 526 g/mol. The van der Waals surface area contributed by atoms with Gasteiger partial charge in [0.05, 0.1) is 11.1 Å². The number of halogens is 1. The molecular formula is C27H34ClN5O4S. The van der Waals surface area contributed by atoms with Gasteiger partial charge in [0, 0.05) is 49.2 Å². The van der Waals surface area contributed by atoms with Gasteiger partial charge in [0.25, 0.3) is 5.91 Å². The van der Waals surface area contributed by atoms with Crippen LogP contribution in [0.25, 0.3) is 11.3 Å². The van der Waals surface area contributed by atoms with E-state index in [1.807, 2.05) is 31.4 Å². The first-order chi connectivity index (χ1) is 18.2. The number of carbonyl (C=O) groups excluding carboxylic acids is 3. The zero-order chi connectivity index (χ0) is 27.0. The van der Waals surface area contributed by atoms with Crippen LogP contribution < -0.4 is 10.2 Å². The third kappa shape index (κ3) is 5.59. The highest BCUT2D eigenvalue weighted by atomic mass is 35.5. The number of fused-ring (bicyclic) bond motifs is 1. The number of hydrogen-bond acceptors (Lipinski definition) is 8. The molecule has 4 heterocycles. The third-order valence-corrected chi connectivity index (χ3v) is 8.71. The molecule has 9 nitrogen and oxygen atoms in total. The first-order valence-electron chi connectivity index (χ1n) is 13.1. The maximum Gasteiger partial charge on any atom is 0.251 e. The molecule has 3 aliphatic heterocycles. The number of likely N-dealkylation sites (N-methyl/N-ethyl adjacent to an activating group) is 1. The summed E-state index contributed by atoms with van der Waals surface area (Å²) in [5.74, 6) is -0.611. The second-order valence-electron chi connectivity index (χ2n) is 10.7. The fourth-order valence-corrected chi connectivity index (χ4v) is 6.54. The molecule has 0 spiro atoms. The summed E-state index contributed by atoms with van der Waals surface area (Å²) < 4.78 is 5.51. The molecule has 0 aliphatic carbocycles. The van der Waals surface area contributed by atoms with Gasteiger partial charge < -0.3 is 24.8 Å². The molecule has 2 aromatic rings. The number of benzene rings is 1. The quantitative estimate of drug-likeness (QED) is 0.521. The number of piperazine rings is 1. The van der Waals surface area contributed by atoms with E-state index >= 15 is 0 Å². The summed E-state index contributed by atoms with van der Waals surface area (Å²) in [4.78, 5) is 50.0. The van der Waals surface area contributed by atoms with Crippen LogP contribution in [0.2, 0.25) is 0 Å². The van der Waals surface area contributed by atoms with Crippen molar-refractivity contribution in [1.82, 2.24) is 20.1 Å². The van der Waals surface area contributed by atoms with Crippen molar-refractivity contribution >= 4 is 45.7 Å². The van der Waals surface area contributed by atoms with E-state index in [1.165, 1.54) is 4.90 Å². The zero-order valence-corrected chi connectivity index (χ0v) is 23.5. The summed E-state index contributed by atoms with van der Waals surface area (Å²) >= 11 is 8.01. The number of anilines is 1. The van der Waals surface area contributed by atoms with E-state index in [4.69, 9.17) is 21.3 Å². The molecule has 204 valence electrons. The third-order valence-electron chi connectivity index (χ3n) is 7.42. The highest BCUT2D eigenvalue weighted by Crippen LogP contribution is 2.32. The van der Waals surface area contributed by atoms with Crippen LogP contribution in [0, 0.1) is 5.92 Å². The molecule has 5 rings (SSSR count).